The van der Waals surface area contributed by atoms with Crippen molar-refractivity contribution in [1.82, 2.24) is 14.8 Å². The monoisotopic (exact) mass is 476 g/mol. The number of hydrogen-bond acceptors (Lipinski definition) is 4. The number of rotatable bonds is 7. The van der Waals surface area contributed by atoms with Crippen molar-refractivity contribution in [2.75, 3.05) is 5.32 Å². The van der Waals surface area contributed by atoms with E-state index in [2.05, 4.69) is 29.4 Å². The highest BCUT2D eigenvalue weighted by atomic mass is 35.5. The van der Waals surface area contributed by atoms with Gasteiger partial charge in [-0.3, -0.25) is 4.79 Å². The molecule has 0 fully saturated rings. The van der Waals surface area contributed by atoms with Crippen LogP contribution in [0.15, 0.2) is 41.6 Å². The third-order valence-corrected chi connectivity index (χ3v) is 6.45. The molecule has 164 valence electrons. The summed E-state index contributed by atoms with van der Waals surface area (Å²) in [5.41, 5.74) is 3.69. The van der Waals surface area contributed by atoms with Gasteiger partial charge in [0.2, 0.25) is 5.91 Å². The maximum atomic E-state index is 12.9. The van der Waals surface area contributed by atoms with Crippen LogP contribution < -0.4 is 5.32 Å². The van der Waals surface area contributed by atoms with Crippen LogP contribution in [0.25, 0.3) is 11.4 Å². The van der Waals surface area contributed by atoms with Crippen molar-refractivity contribution in [2.24, 2.45) is 5.92 Å². The Hall–Kier alpha value is -2.02. The number of carbonyl (C=O) groups is 1. The average Bonchev–Trinajstić information content (AvgIpc) is 3.06. The first-order chi connectivity index (χ1) is 14.7. The number of carbonyl (C=O) groups excluding carboxylic acids is 1. The molecule has 0 radical (unpaired) electrons. The van der Waals surface area contributed by atoms with Crippen LogP contribution in [0.3, 0.4) is 0 Å². The molecule has 3 aromatic rings. The molecule has 0 spiro atoms. The number of hydrogen-bond donors (Lipinski definition) is 1. The van der Waals surface area contributed by atoms with Gasteiger partial charge in [0, 0.05) is 22.8 Å². The zero-order valence-electron chi connectivity index (χ0n) is 18.2. The van der Waals surface area contributed by atoms with Crippen LogP contribution in [-0.2, 0) is 11.3 Å². The molecule has 0 saturated heterocycles. The molecule has 31 heavy (non-hydrogen) atoms. The molecular weight excluding hydrogens is 451 g/mol. The van der Waals surface area contributed by atoms with E-state index in [1.54, 1.807) is 12.1 Å². The smallest absolute Gasteiger partial charge is 0.237 e. The summed E-state index contributed by atoms with van der Waals surface area (Å²) in [7, 11) is 0. The fourth-order valence-corrected chi connectivity index (χ4v) is 4.58. The second-order valence-corrected chi connectivity index (χ2v) is 10.1. The number of aromatic nitrogens is 3. The van der Waals surface area contributed by atoms with Crippen LogP contribution >= 0.6 is 35.0 Å². The molecule has 3 rings (SSSR count). The SMILES string of the molecule is Cc1cccc(C)c1NC(=O)C(C)Sc1nnc(-c2ccc(Cl)cc2Cl)n1CC(C)C. The van der Waals surface area contributed by atoms with E-state index in [-0.39, 0.29) is 11.2 Å². The molecule has 0 aliphatic heterocycles. The van der Waals surface area contributed by atoms with Crippen LogP contribution in [0.4, 0.5) is 5.69 Å². The minimum Gasteiger partial charge on any atom is -0.325 e. The molecule has 8 heteroatoms. The number of aryl methyl sites for hydroxylation is 2. The van der Waals surface area contributed by atoms with Gasteiger partial charge in [0.15, 0.2) is 11.0 Å². The Morgan fingerprint density at radius 1 is 1.10 bits per heavy atom. The molecular formula is C23H26Cl2N4OS. The number of amides is 1. The van der Waals surface area contributed by atoms with E-state index in [0.717, 1.165) is 22.4 Å². The minimum absolute atomic E-state index is 0.0763. The van der Waals surface area contributed by atoms with Gasteiger partial charge >= 0.3 is 0 Å². The fraction of sp³-hybridized carbons (Fsp3) is 0.348. The quantitative estimate of drug-likeness (QED) is 0.388. The topological polar surface area (TPSA) is 59.8 Å². The van der Waals surface area contributed by atoms with E-state index in [1.165, 1.54) is 11.8 Å². The summed E-state index contributed by atoms with van der Waals surface area (Å²) in [5.74, 6) is 0.951. The van der Waals surface area contributed by atoms with Crippen molar-refractivity contribution < 1.29 is 4.79 Å². The van der Waals surface area contributed by atoms with Crippen molar-refractivity contribution in [3.63, 3.8) is 0 Å². The van der Waals surface area contributed by atoms with Crippen LogP contribution in [0, 0.1) is 19.8 Å². The number of benzene rings is 2. The number of halogens is 2. The van der Waals surface area contributed by atoms with Gasteiger partial charge < -0.3 is 9.88 Å². The summed E-state index contributed by atoms with van der Waals surface area (Å²) in [5, 5.41) is 13.2. The van der Waals surface area contributed by atoms with E-state index >= 15 is 0 Å². The van der Waals surface area contributed by atoms with Gasteiger partial charge in [-0.15, -0.1) is 10.2 Å². The highest BCUT2D eigenvalue weighted by Crippen LogP contribution is 2.33. The van der Waals surface area contributed by atoms with Gasteiger partial charge in [-0.05, 0) is 56.0 Å². The molecule has 1 heterocycles. The van der Waals surface area contributed by atoms with Crippen molar-refractivity contribution in [1.29, 1.82) is 0 Å². The lowest BCUT2D eigenvalue weighted by atomic mass is 10.1. The van der Waals surface area contributed by atoms with Crippen LogP contribution in [0.5, 0.6) is 0 Å². The Kier molecular flexibility index (Phi) is 7.68. The molecule has 0 bridgehead atoms. The molecule has 0 aliphatic rings. The summed E-state index contributed by atoms with van der Waals surface area (Å²) >= 11 is 13.9. The zero-order valence-corrected chi connectivity index (χ0v) is 20.6. The van der Waals surface area contributed by atoms with E-state index < -0.39 is 0 Å². The molecule has 5 nitrogen and oxygen atoms in total. The third kappa shape index (κ3) is 5.62. The van der Waals surface area contributed by atoms with Gasteiger partial charge in [0.25, 0.3) is 0 Å². The highest BCUT2D eigenvalue weighted by Gasteiger charge is 2.23. The number of para-hydroxylation sites is 1. The Morgan fingerprint density at radius 2 is 1.77 bits per heavy atom. The van der Waals surface area contributed by atoms with Crippen molar-refractivity contribution >= 4 is 46.6 Å². The van der Waals surface area contributed by atoms with Gasteiger partial charge in [-0.1, -0.05) is 67.0 Å². The lowest BCUT2D eigenvalue weighted by Gasteiger charge is -2.17. The lowest BCUT2D eigenvalue weighted by Crippen LogP contribution is -2.24. The fourth-order valence-electron chi connectivity index (χ4n) is 3.22. The predicted molar refractivity (Wildman–Crippen MR) is 130 cm³/mol. The van der Waals surface area contributed by atoms with Crippen molar-refractivity contribution in [3.8, 4) is 11.4 Å². The number of nitrogens with zero attached hydrogens (tertiary/aromatic N) is 3. The number of thioether (sulfide) groups is 1. The molecule has 1 amide bonds. The number of nitrogens with one attached hydrogen (secondary N) is 1. The largest absolute Gasteiger partial charge is 0.325 e. The van der Waals surface area contributed by atoms with E-state index in [4.69, 9.17) is 23.2 Å². The minimum atomic E-state index is -0.359. The maximum Gasteiger partial charge on any atom is 0.237 e. The Labute approximate surface area is 197 Å². The van der Waals surface area contributed by atoms with Crippen molar-refractivity contribution in [3.05, 3.63) is 57.6 Å². The molecule has 0 aliphatic carbocycles. The summed E-state index contributed by atoms with van der Waals surface area (Å²) in [6.45, 7) is 10.8. The van der Waals surface area contributed by atoms with Gasteiger partial charge in [-0.2, -0.15) is 0 Å². The maximum absolute atomic E-state index is 12.9. The Morgan fingerprint density at radius 3 is 2.39 bits per heavy atom. The average molecular weight is 477 g/mol. The number of anilines is 1. The van der Waals surface area contributed by atoms with E-state index in [9.17, 15) is 4.79 Å². The lowest BCUT2D eigenvalue weighted by molar-refractivity contribution is -0.115. The summed E-state index contributed by atoms with van der Waals surface area (Å²) in [6, 6.07) is 11.3. The molecule has 1 N–H and O–H groups in total. The van der Waals surface area contributed by atoms with Gasteiger partial charge in [0.05, 0.1) is 10.3 Å². The first-order valence-electron chi connectivity index (χ1n) is 10.1. The normalized spacial score (nSPS) is 12.3. The second-order valence-electron chi connectivity index (χ2n) is 7.95. The Bertz CT molecular complexity index is 1080. The first kappa shape index (κ1) is 23.6. The van der Waals surface area contributed by atoms with Crippen LogP contribution in [-0.4, -0.2) is 25.9 Å². The van der Waals surface area contributed by atoms with Gasteiger partial charge in [0.1, 0.15) is 0 Å². The second kappa shape index (κ2) is 10.1. The molecule has 1 unspecified atom stereocenters. The zero-order chi connectivity index (χ0) is 22.7. The van der Waals surface area contributed by atoms with Crippen molar-refractivity contribution in [2.45, 2.75) is 51.6 Å². The molecule has 2 aromatic carbocycles. The standard InChI is InChI=1S/C23H26Cl2N4OS/c1-13(2)12-29-21(18-10-9-17(24)11-19(18)25)27-28-23(29)31-16(5)22(30)26-20-14(3)7-6-8-15(20)4/h6-11,13,16H,12H2,1-5H3,(H,26,30). The summed E-state index contributed by atoms with van der Waals surface area (Å²) in [6.07, 6.45) is 0. The van der Waals surface area contributed by atoms with Crippen LogP contribution in [0.1, 0.15) is 31.9 Å². The van der Waals surface area contributed by atoms with E-state index in [0.29, 0.717) is 33.5 Å². The third-order valence-electron chi connectivity index (χ3n) is 4.82. The molecule has 0 saturated carbocycles. The Balaban J connectivity index is 1.86. The molecule has 1 atom stereocenters. The summed E-state index contributed by atoms with van der Waals surface area (Å²) < 4.78 is 2.02. The van der Waals surface area contributed by atoms with Crippen LogP contribution in [0.2, 0.25) is 10.0 Å². The molecule has 1 aromatic heterocycles. The predicted octanol–water partition coefficient (Wildman–Crippen LogP) is 6.64. The highest BCUT2D eigenvalue weighted by molar-refractivity contribution is 8.00. The van der Waals surface area contributed by atoms with Gasteiger partial charge in [-0.25, -0.2) is 0 Å². The summed E-state index contributed by atoms with van der Waals surface area (Å²) in [4.78, 5) is 12.9. The first-order valence-corrected chi connectivity index (χ1v) is 11.7. The van der Waals surface area contributed by atoms with E-state index in [1.807, 2.05) is 49.6 Å².